The maximum atomic E-state index is 12.6. The third-order valence-electron chi connectivity index (χ3n) is 3.75. The molecule has 0 aromatic carbocycles. The lowest BCUT2D eigenvalue weighted by Gasteiger charge is -2.33. The Bertz CT molecular complexity index is 600. The van der Waals surface area contributed by atoms with Gasteiger partial charge < -0.3 is 15.4 Å². The van der Waals surface area contributed by atoms with Crippen molar-refractivity contribution in [1.82, 2.24) is 9.88 Å². The van der Waals surface area contributed by atoms with E-state index in [1.807, 2.05) is 20.8 Å². The number of Topliss-reactive ketones (excluding diaryl/α,β-unsaturated/α-hetero) is 1. The summed E-state index contributed by atoms with van der Waals surface area (Å²) in [7, 11) is 0. The molecule has 0 spiro atoms. The molecule has 25 heavy (non-hydrogen) atoms. The summed E-state index contributed by atoms with van der Waals surface area (Å²) in [5.41, 5.74) is 5.65. The number of ether oxygens (including phenoxy) is 1. The lowest BCUT2D eigenvalue weighted by atomic mass is 9.96. The van der Waals surface area contributed by atoms with Crippen LogP contribution in [0.15, 0.2) is 5.38 Å². The Morgan fingerprint density at radius 3 is 2.52 bits per heavy atom. The lowest BCUT2D eigenvalue weighted by molar-refractivity contribution is -0.132. The van der Waals surface area contributed by atoms with Crippen LogP contribution in [0.3, 0.4) is 0 Å². The van der Waals surface area contributed by atoms with Gasteiger partial charge in [0.2, 0.25) is 5.91 Å². The molecule has 0 aliphatic heterocycles. The van der Waals surface area contributed by atoms with Gasteiger partial charge in [0.25, 0.3) is 0 Å². The summed E-state index contributed by atoms with van der Waals surface area (Å²) in [6.07, 6.45) is 0.937. The molecule has 1 rings (SSSR count). The van der Waals surface area contributed by atoms with E-state index in [0.717, 1.165) is 17.8 Å². The molecule has 0 bridgehead atoms. The summed E-state index contributed by atoms with van der Waals surface area (Å²) in [6.45, 7) is 8.34. The van der Waals surface area contributed by atoms with Crippen LogP contribution in [0.4, 0.5) is 0 Å². The predicted octanol–water partition coefficient (Wildman–Crippen LogP) is 2.11. The molecule has 140 valence electrons. The number of nitrogens with two attached hydrogens (primary N) is 1. The molecular weight excluding hydrogens is 342 g/mol. The number of nitrogens with zero attached hydrogens (tertiary/aromatic N) is 2. The molecule has 0 fully saturated rings. The highest BCUT2D eigenvalue weighted by atomic mass is 32.1. The van der Waals surface area contributed by atoms with E-state index in [4.69, 9.17) is 10.5 Å². The van der Waals surface area contributed by atoms with Crippen molar-refractivity contribution in [3.05, 3.63) is 16.1 Å². The molecule has 1 aromatic rings. The second-order valence-electron chi connectivity index (χ2n) is 5.99. The van der Waals surface area contributed by atoms with Crippen molar-refractivity contribution in [3.63, 3.8) is 0 Å². The van der Waals surface area contributed by atoms with Gasteiger partial charge in [0.05, 0.1) is 13.2 Å². The average molecular weight is 369 g/mol. The standard InChI is InChI=1S/C17H27N3O4S/c1-5-7-20(15(22)9-18)13(11(3)4)8-14(21)16-19-12(10-25-16)17(23)24-6-2/h10-11,13H,5-9,18H2,1-4H3. The van der Waals surface area contributed by atoms with Gasteiger partial charge in [0.15, 0.2) is 16.5 Å². The molecule has 0 saturated carbocycles. The number of thiazole rings is 1. The smallest absolute Gasteiger partial charge is 0.357 e. The normalized spacial score (nSPS) is 12.1. The van der Waals surface area contributed by atoms with E-state index < -0.39 is 5.97 Å². The molecule has 1 heterocycles. The van der Waals surface area contributed by atoms with Crippen molar-refractivity contribution in [1.29, 1.82) is 0 Å². The minimum Gasteiger partial charge on any atom is -0.461 e. The number of aromatic nitrogens is 1. The molecular formula is C17H27N3O4S. The van der Waals surface area contributed by atoms with E-state index in [-0.39, 0.29) is 53.9 Å². The molecule has 1 atom stereocenters. The Labute approximate surface area is 152 Å². The van der Waals surface area contributed by atoms with Gasteiger partial charge in [0.1, 0.15) is 0 Å². The maximum absolute atomic E-state index is 12.6. The summed E-state index contributed by atoms with van der Waals surface area (Å²) in [5.74, 6) is -0.801. The second kappa shape index (κ2) is 10.2. The largest absolute Gasteiger partial charge is 0.461 e. The highest BCUT2D eigenvalue weighted by molar-refractivity contribution is 7.11. The first-order valence-corrected chi connectivity index (χ1v) is 9.38. The van der Waals surface area contributed by atoms with E-state index in [1.54, 1.807) is 11.8 Å². The Kier molecular flexibility index (Phi) is 8.71. The first kappa shape index (κ1) is 21.2. The Morgan fingerprint density at radius 1 is 1.32 bits per heavy atom. The van der Waals surface area contributed by atoms with Crippen molar-refractivity contribution in [2.45, 2.75) is 46.6 Å². The van der Waals surface area contributed by atoms with Crippen molar-refractivity contribution < 1.29 is 19.1 Å². The molecule has 2 N–H and O–H groups in total. The first-order chi connectivity index (χ1) is 11.8. The molecule has 0 radical (unpaired) electrons. The summed E-state index contributed by atoms with van der Waals surface area (Å²) in [5, 5.41) is 1.77. The first-order valence-electron chi connectivity index (χ1n) is 8.50. The molecule has 0 saturated heterocycles. The molecule has 7 nitrogen and oxygen atoms in total. The van der Waals surface area contributed by atoms with Gasteiger partial charge in [-0.2, -0.15) is 0 Å². The molecule has 8 heteroatoms. The van der Waals surface area contributed by atoms with E-state index >= 15 is 0 Å². The topological polar surface area (TPSA) is 103 Å². The number of amides is 1. The summed E-state index contributed by atoms with van der Waals surface area (Å²) in [6, 6.07) is -0.251. The van der Waals surface area contributed by atoms with Gasteiger partial charge in [-0.3, -0.25) is 9.59 Å². The van der Waals surface area contributed by atoms with Gasteiger partial charge in [-0.1, -0.05) is 20.8 Å². The van der Waals surface area contributed by atoms with Gasteiger partial charge in [-0.15, -0.1) is 11.3 Å². The van der Waals surface area contributed by atoms with Gasteiger partial charge in [-0.25, -0.2) is 9.78 Å². The number of carbonyl (C=O) groups excluding carboxylic acids is 3. The Hall–Kier alpha value is -1.80. The lowest BCUT2D eigenvalue weighted by Crippen LogP contribution is -2.47. The van der Waals surface area contributed by atoms with Crippen LogP contribution in [0.25, 0.3) is 0 Å². The van der Waals surface area contributed by atoms with Crippen LogP contribution in [0.5, 0.6) is 0 Å². The summed E-state index contributed by atoms with van der Waals surface area (Å²) in [4.78, 5) is 42.2. The third-order valence-corrected chi connectivity index (χ3v) is 4.63. The predicted molar refractivity (Wildman–Crippen MR) is 96.7 cm³/mol. The zero-order chi connectivity index (χ0) is 19.0. The van der Waals surface area contributed by atoms with Crippen molar-refractivity contribution >= 4 is 29.0 Å². The van der Waals surface area contributed by atoms with Gasteiger partial charge in [0, 0.05) is 24.4 Å². The number of rotatable bonds is 10. The number of carbonyl (C=O) groups is 3. The van der Waals surface area contributed by atoms with E-state index in [2.05, 4.69) is 4.98 Å². The Morgan fingerprint density at radius 2 is 2.00 bits per heavy atom. The molecule has 0 aliphatic carbocycles. The molecule has 1 aromatic heterocycles. The quantitative estimate of drug-likeness (QED) is 0.500. The minimum absolute atomic E-state index is 0.0817. The van der Waals surface area contributed by atoms with E-state index in [9.17, 15) is 14.4 Å². The van der Waals surface area contributed by atoms with Crippen LogP contribution < -0.4 is 5.73 Å². The van der Waals surface area contributed by atoms with Crippen LogP contribution in [-0.2, 0) is 9.53 Å². The monoisotopic (exact) mass is 369 g/mol. The maximum Gasteiger partial charge on any atom is 0.357 e. The fourth-order valence-electron chi connectivity index (χ4n) is 2.52. The summed E-state index contributed by atoms with van der Waals surface area (Å²) < 4.78 is 4.88. The van der Waals surface area contributed by atoms with Crippen LogP contribution in [0, 0.1) is 5.92 Å². The van der Waals surface area contributed by atoms with Crippen LogP contribution in [0.2, 0.25) is 0 Å². The average Bonchev–Trinajstić information content (AvgIpc) is 3.07. The van der Waals surface area contributed by atoms with Gasteiger partial charge in [-0.05, 0) is 19.3 Å². The number of hydrogen-bond donors (Lipinski definition) is 1. The zero-order valence-corrected chi connectivity index (χ0v) is 16.1. The van der Waals surface area contributed by atoms with Crippen LogP contribution in [-0.4, -0.2) is 53.3 Å². The van der Waals surface area contributed by atoms with Crippen molar-refractivity contribution in [3.8, 4) is 0 Å². The third kappa shape index (κ3) is 5.89. The molecule has 1 amide bonds. The number of ketones is 1. The van der Waals surface area contributed by atoms with Crippen LogP contribution >= 0.6 is 11.3 Å². The van der Waals surface area contributed by atoms with Crippen molar-refractivity contribution in [2.75, 3.05) is 19.7 Å². The fourth-order valence-corrected chi connectivity index (χ4v) is 3.26. The summed E-state index contributed by atoms with van der Waals surface area (Å²) >= 11 is 1.12. The van der Waals surface area contributed by atoms with E-state index in [0.29, 0.717) is 6.54 Å². The fraction of sp³-hybridized carbons (Fsp3) is 0.647. The highest BCUT2D eigenvalue weighted by Crippen LogP contribution is 2.20. The van der Waals surface area contributed by atoms with Crippen LogP contribution in [0.1, 0.15) is 60.8 Å². The van der Waals surface area contributed by atoms with Crippen molar-refractivity contribution in [2.24, 2.45) is 11.7 Å². The number of esters is 1. The van der Waals surface area contributed by atoms with Gasteiger partial charge >= 0.3 is 5.97 Å². The Balaban J connectivity index is 2.92. The second-order valence-corrected chi connectivity index (χ2v) is 6.85. The number of hydrogen-bond acceptors (Lipinski definition) is 7. The minimum atomic E-state index is -0.538. The SMILES string of the molecule is CCCN(C(=O)CN)C(CC(=O)c1nc(C(=O)OCC)cs1)C(C)C. The van der Waals surface area contributed by atoms with E-state index in [1.165, 1.54) is 5.38 Å². The molecule has 1 unspecified atom stereocenters. The molecule has 0 aliphatic rings. The zero-order valence-electron chi connectivity index (χ0n) is 15.3. The highest BCUT2D eigenvalue weighted by Gasteiger charge is 2.29.